The number of anilines is 3. The lowest BCUT2D eigenvalue weighted by Gasteiger charge is -2.28. The Kier molecular flexibility index (Phi) is 7.92. The Labute approximate surface area is 355 Å². The number of hydrogen-bond donors (Lipinski definition) is 0. The average molecular weight is 780 g/mol. The van der Waals surface area contributed by atoms with Crippen LogP contribution in [0.1, 0.15) is 25.0 Å². The van der Waals surface area contributed by atoms with Gasteiger partial charge in [0.1, 0.15) is 11.2 Å². The smallest absolute Gasteiger partial charge is 0.143 e. The third-order valence-electron chi connectivity index (χ3n) is 13.1. The van der Waals surface area contributed by atoms with Crippen LogP contribution in [0, 0.1) is 0 Å². The van der Waals surface area contributed by atoms with Crippen LogP contribution in [-0.4, -0.2) is 0 Å². The maximum Gasteiger partial charge on any atom is 0.143 e. The zero-order valence-corrected chi connectivity index (χ0v) is 34.1. The first-order chi connectivity index (χ1) is 30.0. The fourth-order valence-corrected chi connectivity index (χ4v) is 9.98. The highest BCUT2D eigenvalue weighted by molar-refractivity contribution is 6.19. The van der Waals surface area contributed by atoms with E-state index in [4.69, 9.17) is 4.42 Å². The van der Waals surface area contributed by atoms with E-state index in [1.54, 1.807) is 0 Å². The van der Waals surface area contributed by atoms with E-state index in [0.717, 1.165) is 44.4 Å². The largest absolute Gasteiger partial charge is 0.455 e. The summed E-state index contributed by atoms with van der Waals surface area (Å²) >= 11 is 0. The van der Waals surface area contributed by atoms with Crippen molar-refractivity contribution in [1.82, 2.24) is 0 Å². The molecule has 2 heteroatoms. The molecule has 61 heavy (non-hydrogen) atoms. The van der Waals surface area contributed by atoms with Gasteiger partial charge in [-0.3, -0.25) is 0 Å². The van der Waals surface area contributed by atoms with Crippen LogP contribution >= 0.6 is 0 Å². The van der Waals surface area contributed by atoms with Crippen molar-refractivity contribution in [3.8, 4) is 44.5 Å². The monoisotopic (exact) mass is 779 g/mol. The van der Waals surface area contributed by atoms with Gasteiger partial charge in [-0.05, 0) is 114 Å². The van der Waals surface area contributed by atoms with E-state index in [-0.39, 0.29) is 5.41 Å². The molecule has 0 radical (unpaired) electrons. The molecule has 12 rings (SSSR count). The van der Waals surface area contributed by atoms with E-state index < -0.39 is 0 Å². The molecule has 0 saturated heterocycles. The number of furan rings is 1. The van der Waals surface area contributed by atoms with Crippen molar-refractivity contribution in [2.75, 3.05) is 4.90 Å². The molecule has 0 spiro atoms. The number of hydrogen-bond acceptors (Lipinski definition) is 2. The number of nitrogens with zero attached hydrogens (tertiary/aromatic N) is 1. The van der Waals surface area contributed by atoms with Gasteiger partial charge in [0.05, 0.1) is 0 Å². The van der Waals surface area contributed by atoms with Crippen molar-refractivity contribution in [3.05, 3.63) is 223 Å². The summed E-state index contributed by atoms with van der Waals surface area (Å²) in [5, 5.41) is 7.02. The van der Waals surface area contributed by atoms with Crippen molar-refractivity contribution in [3.63, 3.8) is 0 Å². The first-order valence-corrected chi connectivity index (χ1v) is 21.2. The van der Waals surface area contributed by atoms with E-state index in [9.17, 15) is 0 Å². The van der Waals surface area contributed by atoms with E-state index in [1.807, 2.05) is 0 Å². The highest BCUT2D eigenvalue weighted by atomic mass is 16.3. The van der Waals surface area contributed by atoms with Crippen molar-refractivity contribution in [2.45, 2.75) is 19.3 Å². The minimum atomic E-state index is -0.123. The van der Waals surface area contributed by atoms with Crippen molar-refractivity contribution >= 4 is 60.5 Å². The molecule has 0 bridgehead atoms. The standard InChI is InChI=1S/C59H41NO/c1-59(2)55-22-11-10-19-49(55)50-33-31-44(35-56(50)59)60(43-29-27-39(28-30-43)38-13-4-3-5-14-38)45-32-34-51-54-37-53(48-18-8-9-20-52(48)58(54)61-57(51)36-45)42-25-23-41(24-26-42)47-21-12-16-40-15-6-7-17-46(40)47/h3-37H,1-2H3. The molecule has 10 aromatic carbocycles. The molecule has 11 aromatic rings. The molecule has 0 atom stereocenters. The SMILES string of the molecule is CC1(C)c2ccccc2-c2ccc(N(c3ccc(-c4ccccc4)cc3)c3ccc4c(c3)oc3c5ccccc5c(-c5ccc(-c6cccc7ccccc67)cc5)cc43)cc21. The highest BCUT2D eigenvalue weighted by Gasteiger charge is 2.35. The van der Waals surface area contributed by atoms with Gasteiger partial charge in [0.25, 0.3) is 0 Å². The summed E-state index contributed by atoms with van der Waals surface area (Å²) in [6, 6.07) is 77.3. The molecule has 0 aliphatic heterocycles. The first-order valence-electron chi connectivity index (χ1n) is 21.2. The van der Waals surface area contributed by atoms with Gasteiger partial charge < -0.3 is 9.32 Å². The third-order valence-corrected chi connectivity index (χ3v) is 13.1. The molecule has 1 aliphatic rings. The fourth-order valence-electron chi connectivity index (χ4n) is 9.98. The van der Waals surface area contributed by atoms with E-state index in [1.165, 1.54) is 71.8 Å². The Balaban J connectivity index is 0.992. The fraction of sp³-hybridized carbons (Fsp3) is 0.0508. The van der Waals surface area contributed by atoms with Crippen molar-refractivity contribution in [2.24, 2.45) is 0 Å². The Hall–Kier alpha value is -7.68. The van der Waals surface area contributed by atoms with Crippen LogP contribution in [-0.2, 0) is 5.41 Å². The summed E-state index contributed by atoms with van der Waals surface area (Å²) < 4.78 is 6.94. The summed E-state index contributed by atoms with van der Waals surface area (Å²) in [4.78, 5) is 2.38. The molecule has 1 aliphatic carbocycles. The van der Waals surface area contributed by atoms with Crippen LogP contribution < -0.4 is 4.90 Å². The summed E-state index contributed by atoms with van der Waals surface area (Å²) in [5.74, 6) is 0. The molecule has 0 N–H and O–H groups in total. The van der Waals surface area contributed by atoms with Gasteiger partial charge in [-0.25, -0.2) is 0 Å². The molecular weight excluding hydrogens is 739 g/mol. The van der Waals surface area contributed by atoms with Gasteiger partial charge in [0.2, 0.25) is 0 Å². The van der Waals surface area contributed by atoms with Crippen LogP contribution in [0.4, 0.5) is 17.1 Å². The first kappa shape index (κ1) is 35.3. The second-order valence-corrected chi connectivity index (χ2v) is 16.9. The van der Waals surface area contributed by atoms with Gasteiger partial charge in [0, 0.05) is 44.7 Å². The van der Waals surface area contributed by atoms with E-state index >= 15 is 0 Å². The minimum Gasteiger partial charge on any atom is -0.455 e. The van der Waals surface area contributed by atoms with Crippen LogP contribution in [0.15, 0.2) is 217 Å². The molecule has 288 valence electrons. The normalized spacial score (nSPS) is 12.9. The van der Waals surface area contributed by atoms with Gasteiger partial charge in [-0.15, -0.1) is 0 Å². The lowest BCUT2D eigenvalue weighted by molar-refractivity contribution is 0.660. The Morgan fingerprint density at radius 1 is 0.344 bits per heavy atom. The third kappa shape index (κ3) is 5.64. The zero-order valence-electron chi connectivity index (χ0n) is 34.1. The predicted octanol–water partition coefficient (Wildman–Crippen LogP) is 16.7. The summed E-state index contributed by atoms with van der Waals surface area (Å²) in [6.45, 7) is 4.69. The van der Waals surface area contributed by atoms with Gasteiger partial charge in [0.15, 0.2) is 0 Å². The van der Waals surface area contributed by atoms with Gasteiger partial charge in [-0.1, -0.05) is 178 Å². The average Bonchev–Trinajstić information content (AvgIpc) is 3.80. The summed E-state index contributed by atoms with van der Waals surface area (Å²) in [6.07, 6.45) is 0. The molecule has 0 saturated carbocycles. The van der Waals surface area contributed by atoms with Crippen LogP contribution in [0.5, 0.6) is 0 Å². The van der Waals surface area contributed by atoms with Gasteiger partial charge >= 0.3 is 0 Å². The Morgan fingerprint density at radius 3 is 1.74 bits per heavy atom. The van der Waals surface area contributed by atoms with Gasteiger partial charge in [-0.2, -0.15) is 0 Å². The maximum absolute atomic E-state index is 6.94. The lowest BCUT2D eigenvalue weighted by atomic mass is 9.82. The lowest BCUT2D eigenvalue weighted by Crippen LogP contribution is -2.16. The number of benzene rings is 10. The predicted molar refractivity (Wildman–Crippen MR) is 257 cm³/mol. The minimum absolute atomic E-state index is 0.123. The molecule has 1 aromatic heterocycles. The highest BCUT2D eigenvalue weighted by Crippen LogP contribution is 2.51. The second kappa shape index (κ2) is 13.7. The summed E-state index contributed by atoms with van der Waals surface area (Å²) in [5.41, 5.74) is 17.5. The molecule has 0 fully saturated rings. The number of rotatable bonds is 6. The van der Waals surface area contributed by atoms with Crippen molar-refractivity contribution in [1.29, 1.82) is 0 Å². The topological polar surface area (TPSA) is 16.4 Å². The zero-order chi connectivity index (χ0) is 40.7. The molecule has 1 heterocycles. The second-order valence-electron chi connectivity index (χ2n) is 16.9. The Bertz CT molecular complexity index is 3480. The maximum atomic E-state index is 6.94. The van der Waals surface area contributed by atoms with E-state index in [2.05, 4.69) is 231 Å². The quantitative estimate of drug-likeness (QED) is 0.167. The van der Waals surface area contributed by atoms with Crippen molar-refractivity contribution < 1.29 is 4.42 Å². The number of fused-ring (bicyclic) bond motifs is 9. The molecule has 0 unspecified atom stereocenters. The van der Waals surface area contributed by atoms with Crippen LogP contribution in [0.3, 0.4) is 0 Å². The van der Waals surface area contributed by atoms with E-state index in [0.29, 0.717) is 0 Å². The van der Waals surface area contributed by atoms with Crippen LogP contribution in [0.2, 0.25) is 0 Å². The Morgan fingerprint density at radius 2 is 0.918 bits per heavy atom. The summed E-state index contributed by atoms with van der Waals surface area (Å²) in [7, 11) is 0. The molecule has 0 amide bonds. The molecule has 2 nitrogen and oxygen atoms in total. The molecular formula is C59H41NO. The van der Waals surface area contributed by atoms with Crippen LogP contribution in [0.25, 0.3) is 88.0 Å².